The molecule has 2 amide bonds. The van der Waals surface area contributed by atoms with Crippen LogP contribution in [0.2, 0.25) is 0 Å². The number of Topliss-reactive ketones (excluding diaryl/α,β-unsaturated/α-hetero) is 1. The normalized spacial score (nSPS) is 15.9. The van der Waals surface area contributed by atoms with Crippen LogP contribution in [-0.4, -0.2) is 76.2 Å². The Hall–Kier alpha value is -2.58. The Labute approximate surface area is 247 Å². The van der Waals surface area contributed by atoms with Crippen LogP contribution >= 0.6 is 24.2 Å². The SMILES string of the molecule is Cc1cc(C(=O)NC2(N(C=O)C(CC(C)C)C(=O)c3nnc(SCCN(C)C)o3)CCCCC2)c(C(F)(F)F)o1.Cl. The van der Waals surface area contributed by atoms with Gasteiger partial charge in [-0.15, -0.1) is 22.6 Å². The van der Waals surface area contributed by atoms with Gasteiger partial charge in [-0.3, -0.25) is 14.4 Å². The smallest absolute Gasteiger partial charge is 0.450 e. The maximum Gasteiger partial charge on any atom is 0.450 e. The Morgan fingerprint density at radius 1 is 1.17 bits per heavy atom. The fraction of sp³-hybridized carbons (Fsp3) is 0.654. The second kappa shape index (κ2) is 14.5. The number of carbonyl (C=O) groups excluding carboxylic acids is 3. The molecule has 15 heteroatoms. The van der Waals surface area contributed by atoms with E-state index >= 15 is 0 Å². The number of carbonyl (C=O) groups is 3. The third-order valence-electron chi connectivity index (χ3n) is 6.71. The largest absolute Gasteiger partial charge is 0.456 e. The highest BCUT2D eigenvalue weighted by Gasteiger charge is 2.47. The number of aryl methyl sites for hydroxylation is 1. The molecule has 2 aromatic rings. The number of alkyl halides is 3. The van der Waals surface area contributed by atoms with Crippen molar-refractivity contribution >= 4 is 42.3 Å². The lowest BCUT2D eigenvalue weighted by Gasteiger charge is -2.48. The molecule has 230 valence electrons. The van der Waals surface area contributed by atoms with Crippen LogP contribution in [0, 0.1) is 12.8 Å². The van der Waals surface area contributed by atoms with Crippen LogP contribution in [0.25, 0.3) is 0 Å². The van der Waals surface area contributed by atoms with Crippen LogP contribution in [0.5, 0.6) is 0 Å². The maximum absolute atomic E-state index is 13.7. The Morgan fingerprint density at radius 3 is 2.39 bits per heavy atom. The lowest BCUT2D eigenvalue weighted by molar-refractivity contribution is -0.153. The van der Waals surface area contributed by atoms with Crippen molar-refractivity contribution in [1.82, 2.24) is 25.3 Å². The van der Waals surface area contributed by atoms with Gasteiger partial charge in [0.05, 0.1) is 5.56 Å². The lowest BCUT2D eigenvalue weighted by atomic mass is 9.84. The first-order valence-corrected chi connectivity index (χ1v) is 14.1. The molecular weight excluding hydrogens is 587 g/mol. The summed E-state index contributed by atoms with van der Waals surface area (Å²) >= 11 is 1.29. The Balaban J connectivity index is 0.00000588. The summed E-state index contributed by atoms with van der Waals surface area (Å²) in [5.74, 6) is -2.80. The third kappa shape index (κ3) is 8.71. The molecule has 0 spiro atoms. The average Bonchev–Trinajstić information content (AvgIpc) is 3.50. The number of halogens is 4. The minimum atomic E-state index is -4.89. The fourth-order valence-corrected chi connectivity index (χ4v) is 5.72. The first kappa shape index (κ1) is 34.6. The Kier molecular flexibility index (Phi) is 12.3. The molecule has 1 aliphatic carbocycles. The van der Waals surface area contributed by atoms with E-state index in [1.165, 1.54) is 23.6 Å². The molecular formula is C26H37ClF3N5O5S. The monoisotopic (exact) mass is 623 g/mol. The van der Waals surface area contributed by atoms with Gasteiger partial charge in [0, 0.05) is 12.3 Å². The zero-order valence-corrected chi connectivity index (χ0v) is 25.4. The molecule has 1 saturated carbocycles. The van der Waals surface area contributed by atoms with Crippen molar-refractivity contribution in [2.24, 2.45) is 5.92 Å². The topological polar surface area (TPSA) is 122 Å². The summed E-state index contributed by atoms with van der Waals surface area (Å²) in [5, 5.41) is 10.8. The van der Waals surface area contributed by atoms with Crippen molar-refractivity contribution in [3.8, 4) is 0 Å². The molecule has 1 fully saturated rings. The van der Waals surface area contributed by atoms with E-state index in [4.69, 9.17) is 8.83 Å². The molecule has 0 aromatic carbocycles. The third-order valence-corrected chi connectivity index (χ3v) is 7.51. The van der Waals surface area contributed by atoms with Crippen molar-refractivity contribution in [2.75, 3.05) is 26.4 Å². The summed E-state index contributed by atoms with van der Waals surface area (Å²) < 4.78 is 51.2. The Morgan fingerprint density at radius 2 is 1.83 bits per heavy atom. The number of nitrogens with one attached hydrogen (secondary N) is 1. The zero-order valence-electron chi connectivity index (χ0n) is 23.7. The van der Waals surface area contributed by atoms with E-state index in [0.717, 1.165) is 19.0 Å². The molecule has 2 aromatic heterocycles. The summed E-state index contributed by atoms with van der Waals surface area (Å²) in [5.41, 5.74) is -2.08. The van der Waals surface area contributed by atoms with Gasteiger partial charge in [-0.05, 0) is 65.1 Å². The quantitative estimate of drug-likeness (QED) is 0.139. The standard InChI is InChI=1S/C26H36F3N5O5S.ClH/c1-16(2)13-19(20(36)23-31-32-24(39-23)40-12-11-33(4)5)34(15-35)25(9-7-6-8-10-25)30-22(37)18-14-17(3)38-21(18)26(27,28)29;/h14-16,19H,6-13H2,1-5H3,(H,30,37);1H. The molecule has 1 aliphatic rings. The van der Waals surface area contributed by atoms with E-state index in [9.17, 15) is 27.6 Å². The molecule has 1 N–H and O–H groups in total. The van der Waals surface area contributed by atoms with Crippen LogP contribution < -0.4 is 5.32 Å². The molecule has 0 saturated heterocycles. The first-order chi connectivity index (χ1) is 18.8. The lowest BCUT2D eigenvalue weighted by Crippen LogP contribution is -2.65. The molecule has 1 unspecified atom stereocenters. The van der Waals surface area contributed by atoms with Crippen molar-refractivity contribution < 1.29 is 36.4 Å². The van der Waals surface area contributed by atoms with Crippen molar-refractivity contribution in [3.63, 3.8) is 0 Å². The van der Waals surface area contributed by atoms with E-state index < -0.39 is 40.9 Å². The number of hydrogen-bond acceptors (Lipinski definition) is 9. The van der Waals surface area contributed by atoms with Crippen LogP contribution in [-0.2, 0) is 11.0 Å². The minimum Gasteiger partial charge on any atom is -0.456 e. The predicted molar refractivity (Wildman–Crippen MR) is 148 cm³/mol. The van der Waals surface area contributed by atoms with E-state index in [1.54, 1.807) is 0 Å². The van der Waals surface area contributed by atoms with Crippen LogP contribution in [0.1, 0.15) is 84.9 Å². The molecule has 41 heavy (non-hydrogen) atoms. The van der Waals surface area contributed by atoms with E-state index in [-0.39, 0.29) is 54.5 Å². The highest BCUT2D eigenvalue weighted by molar-refractivity contribution is 7.99. The van der Waals surface area contributed by atoms with Gasteiger partial charge < -0.3 is 24.0 Å². The molecule has 1 atom stereocenters. The number of nitrogens with zero attached hydrogens (tertiary/aromatic N) is 4. The van der Waals surface area contributed by atoms with Gasteiger partial charge in [0.15, 0.2) is 0 Å². The molecule has 0 aliphatic heterocycles. The second-order valence-corrected chi connectivity index (χ2v) is 11.7. The number of aromatic nitrogens is 2. The van der Waals surface area contributed by atoms with Gasteiger partial charge in [0.25, 0.3) is 17.0 Å². The zero-order chi connectivity index (χ0) is 29.7. The molecule has 0 radical (unpaired) electrons. The van der Waals surface area contributed by atoms with Gasteiger partial charge in [-0.25, -0.2) is 0 Å². The number of hydrogen-bond donors (Lipinski definition) is 1. The van der Waals surface area contributed by atoms with Gasteiger partial charge in [-0.2, -0.15) is 13.2 Å². The summed E-state index contributed by atoms with van der Waals surface area (Å²) in [6.45, 7) is 5.81. The van der Waals surface area contributed by atoms with Crippen LogP contribution in [0.15, 0.2) is 20.1 Å². The number of furan rings is 1. The average molecular weight is 624 g/mol. The van der Waals surface area contributed by atoms with Crippen molar-refractivity contribution in [2.45, 2.75) is 82.4 Å². The minimum absolute atomic E-state index is 0. The number of thioether (sulfide) groups is 1. The number of ketones is 1. The highest BCUT2D eigenvalue weighted by Crippen LogP contribution is 2.37. The summed E-state index contributed by atoms with van der Waals surface area (Å²) in [6, 6.07) is -0.0749. The van der Waals surface area contributed by atoms with Crippen molar-refractivity contribution in [3.05, 3.63) is 29.0 Å². The second-order valence-electron chi connectivity index (χ2n) is 10.7. The fourth-order valence-electron chi connectivity index (χ4n) is 4.85. The van der Waals surface area contributed by atoms with Gasteiger partial charge in [0.2, 0.25) is 18.0 Å². The van der Waals surface area contributed by atoms with E-state index in [2.05, 4.69) is 15.5 Å². The molecule has 3 rings (SSSR count). The maximum atomic E-state index is 13.7. The summed E-state index contributed by atoms with van der Waals surface area (Å²) in [4.78, 5) is 42.9. The van der Waals surface area contributed by atoms with Crippen LogP contribution in [0.3, 0.4) is 0 Å². The summed E-state index contributed by atoms with van der Waals surface area (Å²) in [7, 11) is 3.84. The number of rotatable bonds is 13. The van der Waals surface area contributed by atoms with E-state index in [1.807, 2.05) is 32.8 Å². The Bertz CT molecular complexity index is 1180. The molecule has 10 nitrogen and oxygen atoms in total. The number of amides is 2. The predicted octanol–water partition coefficient (Wildman–Crippen LogP) is 5.21. The van der Waals surface area contributed by atoms with E-state index in [0.29, 0.717) is 25.0 Å². The summed E-state index contributed by atoms with van der Waals surface area (Å²) in [6.07, 6.45) is -1.69. The first-order valence-electron chi connectivity index (χ1n) is 13.2. The van der Waals surface area contributed by atoms with Gasteiger partial charge in [-0.1, -0.05) is 32.0 Å². The van der Waals surface area contributed by atoms with Crippen LogP contribution in [0.4, 0.5) is 13.2 Å². The highest BCUT2D eigenvalue weighted by atomic mass is 35.5. The van der Waals surface area contributed by atoms with Gasteiger partial charge >= 0.3 is 6.18 Å². The molecule has 2 heterocycles. The van der Waals surface area contributed by atoms with Gasteiger partial charge in [0.1, 0.15) is 17.5 Å². The van der Waals surface area contributed by atoms with Crippen molar-refractivity contribution in [1.29, 1.82) is 0 Å². The molecule has 0 bridgehead atoms.